The normalized spacial score (nSPS) is 19.1. The van der Waals surface area contributed by atoms with E-state index in [2.05, 4.69) is 0 Å². The third-order valence-corrected chi connectivity index (χ3v) is 5.13. The summed E-state index contributed by atoms with van der Waals surface area (Å²) in [5, 5.41) is 9.03. The lowest BCUT2D eigenvalue weighted by molar-refractivity contribution is -0.144. The van der Waals surface area contributed by atoms with Gasteiger partial charge in [-0.05, 0) is 25.0 Å². The number of carbonyl (C=O) groups excluding carboxylic acids is 1. The molecule has 1 aromatic heterocycles. The van der Waals surface area contributed by atoms with Crippen LogP contribution in [-0.2, 0) is 16.1 Å². The summed E-state index contributed by atoms with van der Waals surface area (Å²) in [4.78, 5) is 29.6. The number of imidazole rings is 1. The van der Waals surface area contributed by atoms with Crippen LogP contribution in [0.5, 0.6) is 11.5 Å². The van der Waals surface area contributed by atoms with E-state index in [9.17, 15) is 9.59 Å². The first-order valence-corrected chi connectivity index (χ1v) is 9.55. The number of hydrogen-bond acceptors (Lipinski definition) is 6. The number of ether oxygens (including phenoxy) is 3. The van der Waals surface area contributed by atoms with Crippen molar-refractivity contribution in [3.05, 3.63) is 24.4 Å². The summed E-state index contributed by atoms with van der Waals surface area (Å²) in [6.07, 6.45) is 0.480. The summed E-state index contributed by atoms with van der Waals surface area (Å²) in [5.74, 6) is 1.37. The molecule has 2 aliphatic rings. The summed E-state index contributed by atoms with van der Waals surface area (Å²) in [6.45, 7) is 6.88. The van der Waals surface area contributed by atoms with Crippen molar-refractivity contribution in [1.29, 1.82) is 0 Å². The Bertz CT molecular complexity index is 954. The quantitative estimate of drug-likeness (QED) is 0.822. The minimum absolute atomic E-state index is 0.0642. The van der Waals surface area contributed by atoms with Gasteiger partial charge < -0.3 is 23.9 Å². The Labute approximate surface area is 167 Å². The van der Waals surface area contributed by atoms with Gasteiger partial charge >= 0.3 is 12.1 Å². The molecule has 2 atom stereocenters. The van der Waals surface area contributed by atoms with Crippen LogP contribution in [0.3, 0.4) is 0 Å². The minimum Gasteiger partial charge on any atom is -0.491 e. The van der Waals surface area contributed by atoms with Crippen molar-refractivity contribution < 1.29 is 28.9 Å². The van der Waals surface area contributed by atoms with E-state index in [1.54, 1.807) is 23.1 Å². The van der Waals surface area contributed by atoms with Gasteiger partial charge in [0.2, 0.25) is 0 Å². The van der Waals surface area contributed by atoms with Crippen molar-refractivity contribution in [2.75, 3.05) is 18.1 Å². The average Bonchev–Trinajstić information content (AvgIpc) is 3.21. The number of aromatic nitrogens is 2. The average molecular weight is 401 g/mol. The van der Waals surface area contributed by atoms with Crippen LogP contribution < -0.4 is 14.4 Å². The molecule has 1 saturated heterocycles. The van der Waals surface area contributed by atoms with E-state index in [-0.39, 0.29) is 18.1 Å². The van der Waals surface area contributed by atoms with E-state index in [1.807, 2.05) is 24.6 Å². The van der Waals surface area contributed by atoms with E-state index >= 15 is 0 Å². The van der Waals surface area contributed by atoms with Crippen molar-refractivity contribution >= 4 is 17.9 Å². The van der Waals surface area contributed by atoms with Crippen LogP contribution in [0.2, 0.25) is 0 Å². The Balaban J connectivity index is 1.68. The number of cyclic esters (lactones) is 1. The van der Waals surface area contributed by atoms with Crippen LogP contribution in [-0.4, -0.2) is 52.1 Å². The molecular weight excluding hydrogens is 378 g/mol. The number of rotatable bonds is 5. The van der Waals surface area contributed by atoms with Gasteiger partial charge in [0, 0.05) is 12.3 Å². The molecule has 1 aromatic carbocycles. The zero-order valence-electron chi connectivity index (χ0n) is 16.5. The lowest BCUT2D eigenvalue weighted by Crippen LogP contribution is -2.37. The highest BCUT2D eigenvalue weighted by atomic mass is 16.6. The molecule has 1 amide bonds. The number of hydrogen-bond donors (Lipinski definition) is 1. The monoisotopic (exact) mass is 401 g/mol. The summed E-state index contributed by atoms with van der Waals surface area (Å²) < 4.78 is 18.4. The maximum absolute atomic E-state index is 12.3. The van der Waals surface area contributed by atoms with E-state index in [4.69, 9.17) is 24.3 Å². The Morgan fingerprint density at radius 3 is 2.83 bits per heavy atom. The third-order valence-electron chi connectivity index (χ3n) is 5.13. The van der Waals surface area contributed by atoms with Gasteiger partial charge in [-0.15, -0.1) is 0 Å². The van der Waals surface area contributed by atoms with Crippen LogP contribution in [0, 0.1) is 5.92 Å². The number of benzene rings is 1. The molecular formula is C20H23N3O6. The summed E-state index contributed by atoms with van der Waals surface area (Å²) >= 11 is 0. The lowest BCUT2D eigenvalue weighted by Gasteiger charge is -2.21. The number of anilines is 1. The topological polar surface area (TPSA) is 103 Å². The smallest absolute Gasteiger partial charge is 0.415 e. The van der Waals surface area contributed by atoms with Crippen LogP contribution in [0.25, 0.3) is 11.4 Å². The number of carboxylic acids is 1. The van der Waals surface area contributed by atoms with E-state index in [0.29, 0.717) is 42.9 Å². The first kappa shape index (κ1) is 19.1. The molecule has 0 aliphatic carbocycles. The molecule has 3 heterocycles. The number of carbonyl (C=O) groups is 2. The van der Waals surface area contributed by atoms with Crippen LogP contribution in [0.15, 0.2) is 24.4 Å². The fourth-order valence-electron chi connectivity index (χ4n) is 3.48. The molecule has 154 valence electrons. The molecule has 2 aliphatic heterocycles. The molecule has 2 aromatic rings. The largest absolute Gasteiger partial charge is 0.491 e. The molecule has 0 saturated carbocycles. The van der Waals surface area contributed by atoms with E-state index in [0.717, 1.165) is 5.56 Å². The highest BCUT2D eigenvalue weighted by molar-refractivity contribution is 5.89. The lowest BCUT2D eigenvalue weighted by atomic mass is 10.1. The second kappa shape index (κ2) is 7.31. The van der Waals surface area contributed by atoms with Crippen molar-refractivity contribution in [2.45, 2.75) is 39.5 Å². The Kier molecular flexibility index (Phi) is 4.81. The molecule has 9 nitrogen and oxygen atoms in total. The molecule has 0 radical (unpaired) electrons. The highest BCUT2D eigenvalue weighted by Crippen LogP contribution is 2.37. The fourth-order valence-corrected chi connectivity index (χ4v) is 3.48. The van der Waals surface area contributed by atoms with Gasteiger partial charge in [0.1, 0.15) is 30.5 Å². The molecule has 0 bridgehead atoms. The highest BCUT2D eigenvalue weighted by Gasteiger charge is 2.38. The second-order valence-electron chi connectivity index (χ2n) is 7.48. The molecule has 29 heavy (non-hydrogen) atoms. The first-order chi connectivity index (χ1) is 13.8. The van der Waals surface area contributed by atoms with Gasteiger partial charge in [0.25, 0.3) is 0 Å². The molecule has 1 fully saturated rings. The number of amides is 1. The summed E-state index contributed by atoms with van der Waals surface area (Å²) in [5.41, 5.74) is 0.748. The Hall–Kier alpha value is -3.23. The maximum atomic E-state index is 12.3. The Morgan fingerprint density at radius 2 is 2.10 bits per heavy atom. The minimum atomic E-state index is -1.04. The number of carboxylic acid groups (broad SMARTS) is 1. The van der Waals surface area contributed by atoms with Crippen LogP contribution >= 0.6 is 0 Å². The van der Waals surface area contributed by atoms with Crippen LogP contribution in [0.1, 0.15) is 20.8 Å². The number of fused-ring (bicyclic) bond motifs is 3. The van der Waals surface area contributed by atoms with E-state index in [1.165, 1.54) is 6.92 Å². The van der Waals surface area contributed by atoms with Gasteiger partial charge in [-0.1, -0.05) is 13.8 Å². The predicted molar refractivity (Wildman–Crippen MR) is 103 cm³/mol. The maximum Gasteiger partial charge on any atom is 0.415 e. The molecule has 0 spiro atoms. The van der Waals surface area contributed by atoms with Crippen molar-refractivity contribution in [1.82, 2.24) is 9.55 Å². The van der Waals surface area contributed by atoms with Crippen molar-refractivity contribution in [2.24, 2.45) is 5.92 Å². The van der Waals surface area contributed by atoms with Gasteiger partial charge in [0.15, 0.2) is 11.9 Å². The fraction of sp³-hybridized carbons (Fsp3) is 0.450. The van der Waals surface area contributed by atoms with Gasteiger partial charge in [-0.3, -0.25) is 4.90 Å². The van der Waals surface area contributed by atoms with Crippen LogP contribution in [0.4, 0.5) is 10.6 Å². The number of nitrogens with zero attached hydrogens (tertiary/aromatic N) is 3. The van der Waals surface area contributed by atoms with Gasteiger partial charge in [-0.25, -0.2) is 14.6 Å². The van der Waals surface area contributed by atoms with E-state index < -0.39 is 12.1 Å². The second-order valence-corrected chi connectivity index (χ2v) is 7.48. The van der Waals surface area contributed by atoms with Crippen molar-refractivity contribution in [3.8, 4) is 22.9 Å². The Morgan fingerprint density at radius 1 is 1.31 bits per heavy atom. The third kappa shape index (κ3) is 3.48. The standard InChI is InChI=1S/C20H23N3O6/c1-11(2)15-10-28-20(26)23(15)17-9-22-6-7-27-16-8-13(29-12(3)19(24)25)4-5-14(16)18(22)21-17/h4-5,8-9,11-12,15H,6-7,10H2,1-3H3,(H,24,25)/t12-,15-/m0/s1. The molecule has 0 unspecified atom stereocenters. The molecule has 1 N–H and O–H groups in total. The zero-order chi connectivity index (χ0) is 20.7. The number of aliphatic carboxylic acids is 1. The zero-order valence-corrected chi connectivity index (χ0v) is 16.5. The predicted octanol–water partition coefficient (Wildman–Crippen LogP) is 2.78. The molecule has 9 heteroatoms. The van der Waals surface area contributed by atoms with Gasteiger partial charge in [-0.2, -0.15) is 0 Å². The summed E-state index contributed by atoms with van der Waals surface area (Å²) in [7, 11) is 0. The SMILES string of the molecule is CC(C)[C@@H]1COC(=O)N1c1cn2c(n1)-c1ccc(O[C@@H](C)C(=O)O)cc1OCC2. The van der Waals surface area contributed by atoms with Gasteiger partial charge in [0.05, 0.1) is 18.2 Å². The first-order valence-electron chi connectivity index (χ1n) is 9.55. The van der Waals surface area contributed by atoms with Crippen molar-refractivity contribution in [3.63, 3.8) is 0 Å². The summed E-state index contributed by atoms with van der Waals surface area (Å²) in [6, 6.07) is 5.08. The molecule has 4 rings (SSSR count).